The molecule has 0 N–H and O–H groups in total. The summed E-state index contributed by atoms with van der Waals surface area (Å²) in [7, 11) is 0. The number of amides is 2. The second kappa shape index (κ2) is 12.9. The average molecular weight is 661 g/mol. The van der Waals surface area contributed by atoms with E-state index in [0.29, 0.717) is 31.2 Å². The molecule has 1 unspecified atom stereocenters. The van der Waals surface area contributed by atoms with E-state index in [1.807, 2.05) is 47.6 Å². The number of rotatable bonds is 8. The fourth-order valence-electron chi connectivity index (χ4n) is 7.06. The Morgan fingerprint density at radius 1 is 1.10 bits per heavy atom. The molecule has 2 amide bonds. The molecule has 1 aliphatic carbocycles. The van der Waals surface area contributed by atoms with Crippen LogP contribution >= 0.6 is 0 Å². The third-order valence-electron chi connectivity index (χ3n) is 9.25. The molecule has 1 saturated heterocycles. The Labute approximate surface area is 281 Å². The van der Waals surface area contributed by atoms with Crippen LogP contribution in [-0.2, 0) is 11.3 Å². The number of benzene rings is 1. The molecule has 4 heterocycles. The molecular formula is C36H45FN6O5. The van der Waals surface area contributed by atoms with Crippen LogP contribution < -0.4 is 14.4 Å². The van der Waals surface area contributed by atoms with E-state index < -0.39 is 11.4 Å². The summed E-state index contributed by atoms with van der Waals surface area (Å²) >= 11 is 0. The van der Waals surface area contributed by atoms with Gasteiger partial charge in [-0.15, -0.1) is 0 Å². The highest BCUT2D eigenvalue weighted by molar-refractivity contribution is 5.97. The van der Waals surface area contributed by atoms with E-state index in [9.17, 15) is 14.0 Å². The van der Waals surface area contributed by atoms with Crippen molar-refractivity contribution in [3.05, 3.63) is 65.6 Å². The molecule has 1 saturated carbocycles. The summed E-state index contributed by atoms with van der Waals surface area (Å²) < 4.78 is 32.7. The van der Waals surface area contributed by atoms with E-state index in [2.05, 4.69) is 26.8 Å². The number of carbonyl (C=O) groups is 2. The zero-order chi connectivity index (χ0) is 34.4. The maximum atomic E-state index is 14.3. The first-order valence-electron chi connectivity index (χ1n) is 16.7. The first-order chi connectivity index (χ1) is 22.8. The number of anilines is 1. The lowest BCUT2D eigenvalue weighted by molar-refractivity contribution is -0.0354. The predicted molar refractivity (Wildman–Crippen MR) is 178 cm³/mol. The summed E-state index contributed by atoms with van der Waals surface area (Å²) in [6, 6.07) is 5.81. The zero-order valence-corrected chi connectivity index (χ0v) is 28.8. The summed E-state index contributed by atoms with van der Waals surface area (Å²) in [5.41, 5.74) is 1.57. The van der Waals surface area contributed by atoms with Gasteiger partial charge in [-0.25, -0.2) is 19.2 Å². The normalized spacial score (nSPS) is 18.6. The fourth-order valence-corrected chi connectivity index (χ4v) is 7.06. The van der Waals surface area contributed by atoms with Gasteiger partial charge in [0.25, 0.3) is 5.91 Å². The number of halogens is 1. The molecule has 3 aromatic rings. The molecule has 1 aromatic carbocycles. The van der Waals surface area contributed by atoms with E-state index >= 15 is 0 Å². The highest BCUT2D eigenvalue weighted by Gasteiger charge is 2.54. The van der Waals surface area contributed by atoms with Gasteiger partial charge < -0.3 is 28.9 Å². The van der Waals surface area contributed by atoms with Crippen LogP contribution in [-0.4, -0.2) is 80.7 Å². The second-order valence-electron chi connectivity index (χ2n) is 14.6. The summed E-state index contributed by atoms with van der Waals surface area (Å²) in [6.07, 6.45) is 6.31. The minimum atomic E-state index is -0.572. The summed E-state index contributed by atoms with van der Waals surface area (Å²) in [5.74, 6) is 1.30. The van der Waals surface area contributed by atoms with Gasteiger partial charge >= 0.3 is 6.09 Å². The van der Waals surface area contributed by atoms with Crippen molar-refractivity contribution in [2.24, 2.45) is 5.41 Å². The van der Waals surface area contributed by atoms with Gasteiger partial charge in [-0.1, -0.05) is 6.92 Å². The largest absolute Gasteiger partial charge is 0.490 e. The molecule has 0 radical (unpaired) electrons. The molecule has 48 heavy (non-hydrogen) atoms. The third-order valence-corrected chi connectivity index (χ3v) is 9.25. The van der Waals surface area contributed by atoms with Gasteiger partial charge in [0.05, 0.1) is 24.0 Å². The highest BCUT2D eigenvalue weighted by Crippen LogP contribution is 2.52. The van der Waals surface area contributed by atoms with Crippen LogP contribution in [0.3, 0.4) is 0 Å². The van der Waals surface area contributed by atoms with Crippen LogP contribution in [0.25, 0.3) is 0 Å². The van der Waals surface area contributed by atoms with E-state index in [1.165, 1.54) is 24.5 Å². The van der Waals surface area contributed by atoms with Crippen molar-refractivity contribution in [2.45, 2.75) is 91.5 Å². The number of ether oxygens (including phenoxy) is 3. The molecule has 1 atom stereocenters. The van der Waals surface area contributed by atoms with Crippen molar-refractivity contribution >= 4 is 17.8 Å². The lowest BCUT2D eigenvalue weighted by Gasteiger charge is -2.59. The van der Waals surface area contributed by atoms with Crippen molar-refractivity contribution in [1.29, 1.82) is 0 Å². The first-order valence-corrected chi connectivity index (χ1v) is 16.7. The molecule has 2 fully saturated rings. The minimum Gasteiger partial charge on any atom is -0.490 e. The monoisotopic (exact) mass is 660 g/mol. The Kier molecular flexibility index (Phi) is 8.95. The van der Waals surface area contributed by atoms with Crippen LogP contribution in [0.2, 0.25) is 0 Å². The molecule has 0 bridgehead atoms. The van der Waals surface area contributed by atoms with Crippen LogP contribution in [0.15, 0.2) is 43.0 Å². The Morgan fingerprint density at radius 2 is 1.85 bits per heavy atom. The van der Waals surface area contributed by atoms with Crippen molar-refractivity contribution in [2.75, 3.05) is 31.1 Å². The number of nitrogens with zero attached hydrogens (tertiary/aromatic N) is 6. The molecule has 12 heteroatoms. The summed E-state index contributed by atoms with van der Waals surface area (Å²) in [5, 5.41) is 0. The lowest BCUT2D eigenvalue weighted by atomic mass is 9.61. The minimum absolute atomic E-state index is 0.0437. The second-order valence-corrected chi connectivity index (χ2v) is 14.6. The van der Waals surface area contributed by atoms with Crippen molar-refractivity contribution < 1.29 is 28.2 Å². The van der Waals surface area contributed by atoms with Gasteiger partial charge in [-0.2, -0.15) is 0 Å². The van der Waals surface area contributed by atoms with Crippen molar-refractivity contribution in [3.8, 4) is 17.2 Å². The number of aromatic nitrogens is 3. The molecule has 256 valence electrons. The maximum absolute atomic E-state index is 14.3. The van der Waals surface area contributed by atoms with Gasteiger partial charge in [0.2, 0.25) is 0 Å². The predicted octanol–water partition coefficient (Wildman–Crippen LogP) is 6.58. The quantitative estimate of drug-likeness (QED) is 0.265. The summed E-state index contributed by atoms with van der Waals surface area (Å²) in [4.78, 5) is 45.1. The maximum Gasteiger partial charge on any atom is 0.410 e. The number of hydrogen-bond acceptors (Lipinski definition) is 9. The molecule has 6 rings (SSSR count). The molecular weight excluding hydrogens is 615 g/mol. The SMILES string of the molecule is CCN(C(=O)c1cc(F)ccc1Oc1cncnc1N1CC2(CC(Oc3ccnc4c3CN(C(=O)OC(C)(C)C)CC4C)C2)C1)C(C)C. The number of carbonyl (C=O) groups excluding carboxylic acids is 2. The molecule has 11 nitrogen and oxygen atoms in total. The van der Waals surface area contributed by atoms with E-state index in [0.717, 1.165) is 42.9 Å². The van der Waals surface area contributed by atoms with Gasteiger partial charge in [-0.05, 0) is 78.6 Å². The Bertz CT molecular complexity index is 1680. The van der Waals surface area contributed by atoms with E-state index in [1.54, 1.807) is 22.2 Å². The lowest BCUT2D eigenvalue weighted by Crippen LogP contribution is -2.65. The van der Waals surface area contributed by atoms with Gasteiger partial charge in [0.1, 0.15) is 35.3 Å². The Hall–Kier alpha value is -4.48. The average Bonchev–Trinajstić information content (AvgIpc) is 2.98. The van der Waals surface area contributed by atoms with E-state index in [-0.39, 0.29) is 46.8 Å². The zero-order valence-electron chi connectivity index (χ0n) is 28.8. The number of pyridine rings is 1. The third kappa shape index (κ3) is 6.75. The molecule has 2 aromatic heterocycles. The smallest absolute Gasteiger partial charge is 0.410 e. The van der Waals surface area contributed by atoms with Gasteiger partial charge in [-0.3, -0.25) is 9.78 Å². The van der Waals surface area contributed by atoms with Crippen LogP contribution in [0, 0.1) is 11.2 Å². The van der Waals surface area contributed by atoms with Crippen LogP contribution in [0.4, 0.5) is 15.0 Å². The number of fused-ring (bicyclic) bond motifs is 1. The standard InChI is InChI=1S/C36H45FN6O5/c1-8-43(22(2)3)33(44)26-13-24(37)9-10-28(26)47-30-16-38-21-40-32(30)42-19-36(20-42)14-25(15-36)46-29-11-12-39-31-23(4)17-41(18-27(29)31)34(45)48-35(5,6)7/h9-13,16,21-23,25H,8,14-15,17-20H2,1-7H3. The summed E-state index contributed by atoms with van der Waals surface area (Å²) in [6.45, 7) is 16.4. The highest BCUT2D eigenvalue weighted by atomic mass is 19.1. The molecule has 1 spiro atoms. The van der Waals surface area contributed by atoms with Crippen molar-refractivity contribution in [1.82, 2.24) is 24.8 Å². The fraction of sp³-hybridized carbons (Fsp3) is 0.528. The van der Waals surface area contributed by atoms with Gasteiger partial charge in [0.15, 0.2) is 11.6 Å². The first kappa shape index (κ1) is 33.4. The Morgan fingerprint density at radius 3 is 2.54 bits per heavy atom. The molecule has 3 aliphatic rings. The van der Waals surface area contributed by atoms with Gasteiger partial charge in [0, 0.05) is 55.3 Å². The van der Waals surface area contributed by atoms with E-state index in [4.69, 9.17) is 14.2 Å². The van der Waals surface area contributed by atoms with Crippen LogP contribution in [0.1, 0.15) is 88.8 Å². The Balaban J connectivity index is 1.11. The molecule has 2 aliphatic heterocycles. The van der Waals surface area contributed by atoms with Crippen LogP contribution in [0.5, 0.6) is 17.2 Å². The van der Waals surface area contributed by atoms with Crippen molar-refractivity contribution in [3.63, 3.8) is 0 Å². The number of hydrogen-bond donors (Lipinski definition) is 0. The topological polar surface area (TPSA) is 110 Å².